The van der Waals surface area contributed by atoms with E-state index in [9.17, 15) is 9.90 Å². The van der Waals surface area contributed by atoms with Gasteiger partial charge in [0, 0.05) is 18.2 Å². The quantitative estimate of drug-likeness (QED) is 0.635. The number of hydrogen-bond acceptors (Lipinski definition) is 6. The summed E-state index contributed by atoms with van der Waals surface area (Å²) < 4.78 is 5.42. The summed E-state index contributed by atoms with van der Waals surface area (Å²) in [5.74, 6) is 0.865. The van der Waals surface area contributed by atoms with E-state index in [1.807, 2.05) is 25.1 Å². The molecule has 3 aromatic rings. The Morgan fingerprint density at radius 2 is 2.00 bits per heavy atom. The van der Waals surface area contributed by atoms with Crippen molar-refractivity contribution in [3.05, 3.63) is 52.7 Å². The van der Waals surface area contributed by atoms with E-state index in [2.05, 4.69) is 16.8 Å². The third-order valence-corrected chi connectivity index (χ3v) is 6.94. The number of ether oxygens (including phenoxy) is 1. The van der Waals surface area contributed by atoms with Crippen LogP contribution in [-0.2, 0) is 13.1 Å². The average Bonchev–Trinajstić information content (AvgIpc) is 3.12. The minimum absolute atomic E-state index is 0.0914. The first-order valence-electron chi connectivity index (χ1n) is 11.7. The number of aromatic nitrogens is 2. The largest absolute Gasteiger partial charge is 0.508 e. The maximum atomic E-state index is 13.7. The van der Waals surface area contributed by atoms with E-state index in [0.29, 0.717) is 30.7 Å². The molecule has 1 N–H and O–H groups in total. The second-order valence-electron chi connectivity index (χ2n) is 9.18. The van der Waals surface area contributed by atoms with Gasteiger partial charge < -0.3 is 19.6 Å². The number of carbonyl (C=O) groups is 1. The van der Waals surface area contributed by atoms with E-state index >= 15 is 0 Å². The maximum absolute atomic E-state index is 13.7. The lowest BCUT2D eigenvalue weighted by Gasteiger charge is -2.30. The van der Waals surface area contributed by atoms with Crippen molar-refractivity contribution in [3.63, 3.8) is 0 Å². The van der Waals surface area contributed by atoms with Crippen LogP contribution in [0, 0.1) is 6.92 Å². The molecule has 1 atom stereocenters. The fourth-order valence-corrected chi connectivity index (χ4v) is 5.22. The number of aromatic hydroxyl groups is 1. The van der Waals surface area contributed by atoms with Gasteiger partial charge in [-0.2, -0.15) is 9.97 Å². The van der Waals surface area contributed by atoms with Gasteiger partial charge in [-0.1, -0.05) is 31.0 Å². The van der Waals surface area contributed by atoms with Gasteiger partial charge in [0.15, 0.2) is 0 Å². The van der Waals surface area contributed by atoms with Crippen LogP contribution in [-0.4, -0.2) is 45.6 Å². The predicted molar refractivity (Wildman–Crippen MR) is 128 cm³/mol. The van der Waals surface area contributed by atoms with Crippen LogP contribution in [0.25, 0.3) is 10.8 Å². The number of hydrogen-bond donors (Lipinski definition) is 1. The Morgan fingerprint density at radius 3 is 2.82 bits per heavy atom. The van der Waals surface area contributed by atoms with E-state index < -0.39 is 0 Å². The SMILES string of the molecule is COc1nc2c(c(N3CCCCCC3C)n1)CN(C(=O)c1cc(O)cc3cccc(C)c13)C2. The van der Waals surface area contributed by atoms with Gasteiger partial charge in [-0.3, -0.25) is 4.79 Å². The Kier molecular flexibility index (Phi) is 5.56. The first kappa shape index (κ1) is 21.5. The van der Waals surface area contributed by atoms with Gasteiger partial charge in [0.2, 0.25) is 0 Å². The molecule has 33 heavy (non-hydrogen) atoms. The van der Waals surface area contributed by atoms with Gasteiger partial charge in [0.05, 0.1) is 31.5 Å². The number of benzene rings is 2. The zero-order valence-corrected chi connectivity index (χ0v) is 19.5. The molecule has 1 aromatic heterocycles. The highest BCUT2D eigenvalue weighted by Crippen LogP contribution is 2.36. The highest BCUT2D eigenvalue weighted by atomic mass is 16.5. The first-order valence-corrected chi connectivity index (χ1v) is 11.7. The molecule has 7 heteroatoms. The lowest BCUT2D eigenvalue weighted by Crippen LogP contribution is -2.34. The molecule has 5 rings (SSSR count). The molecule has 1 saturated heterocycles. The number of carbonyl (C=O) groups excluding carboxylic acids is 1. The normalized spacial score (nSPS) is 18.3. The van der Waals surface area contributed by atoms with Crippen molar-refractivity contribution >= 4 is 22.5 Å². The van der Waals surface area contributed by atoms with Gasteiger partial charge in [-0.15, -0.1) is 0 Å². The molecule has 2 aliphatic rings. The molecule has 172 valence electrons. The number of phenols is 1. The topological polar surface area (TPSA) is 78.8 Å². The van der Waals surface area contributed by atoms with Crippen LogP contribution in [0.5, 0.6) is 11.8 Å². The number of nitrogens with zero attached hydrogens (tertiary/aromatic N) is 4. The molecular weight excluding hydrogens is 416 g/mol. The van der Waals surface area contributed by atoms with Gasteiger partial charge in [0.25, 0.3) is 5.91 Å². The summed E-state index contributed by atoms with van der Waals surface area (Å²) in [7, 11) is 1.58. The van der Waals surface area contributed by atoms with E-state index in [0.717, 1.165) is 52.8 Å². The fourth-order valence-electron chi connectivity index (χ4n) is 5.22. The second kappa shape index (κ2) is 8.54. The highest BCUT2D eigenvalue weighted by molar-refractivity contribution is 6.09. The summed E-state index contributed by atoms with van der Waals surface area (Å²) in [6.45, 7) is 6.01. The van der Waals surface area contributed by atoms with Gasteiger partial charge in [-0.25, -0.2) is 0 Å². The summed E-state index contributed by atoms with van der Waals surface area (Å²) in [5.41, 5.74) is 3.36. The minimum Gasteiger partial charge on any atom is -0.508 e. The molecule has 0 spiro atoms. The van der Waals surface area contributed by atoms with Crippen LogP contribution in [0.2, 0.25) is 0 Å². The molecule has 7 nitrogen and oxygen atoms in total. The first-order chi connectivity index (χ1) is 16.0. The van der Waals surface area contributed by atoms with Gasteiger partial charge in [-0.05, 0) is 55.2 Å². The molecule has 1 amide bonds. The van der Waals surface area contributed by atoms with Crippen molar-refractivity contribution < 1.29 is 14.6 Å². The molecule has 0 saturated carbocycles. The number of fused-ring (bicyclic) bond motifs is 2. The van der Waals surface area contributed by atoms with Crippen LogP contribution in [0.1, 0.15) is 59.8 Å². The standard InChI is InChI=1S/C26H30N4O3/c1-16-8-7-10-18-12-19(31)13-20(23(16)18)25(32)29-14-21-22(15-29)27-26(33-3)28-24(21)30-11-6-4-5-9-17(30)2/h7-8,10,12-13,17,31H,4-6,9,11,14-15H2,1-3H3. The van der Waals surface area contributed by atoms with Crippen molar-refractivity contribution in [3.8, 4) is 11.8 Å². The lowest BCUT2D eigenvalue weighted by molar-refractivity contribution is 0.0752. The van der Waals surface area contributed by atoms with Crippen molar-refractivity contribution in [1.82, 2.24) is 14.9 Å². The van der Waals surface area contributed by atoms with E-state index in [4.69, 9.17) is 9.72 Å². The Morgan fingerprint density at radius 1 is 1.15 bits per heavy atom. The molecule has 1 fully saturated rings. The molecular formula is C26H30N4O3. The molecule has 0 aliphatic carbocycles. The van der Waals surface area contributed by atoms with Crippen LogP contribution < -0.4 is 9.64 Å². The second-order valence-corrected chi connectivity index (χ2v) is 9.18. The number of methoxy groups -OCH3 is 1. The van der Waals surface area contributed by atoms with Crippen molar-refractivity contribution in [1.29, 1.82) is 0 Å². The van der Waals surface area contributed by atoms with Crippen LogP contribution >= 0.6 is 0 Å². The number of phenolic OH excluding ortho intramolecular Hbond substituents is 1. The Balaban J connectivity index is 1.54. The Labute approximate surface area is 194 Å². The molecule has 1 unspecified atom stereocenters. The van der Waals surface area contributed by atoms with E-state index in [1.165, 1.54) is 12.8 Å². The number of aryl methyl sites for hydroxylation is 1. The van der Waals surface area contributed by atoms with Gasteiger partial charge in [0.1, 0.15) is 11.6 Å². The van der Waals surface area contributed by atoms with E-state index in [1.54, 1.807) is 24.1 Å². The predicted octanol–water partition coefficient (Wildman–Crippen LogP) is 4.58. The minimum atomic E-state index is -0.114. The Bertz CT molecular complexity index is 1230. The third-order valence-electron chi connectivity index (χ3n) is 6.94. The monoisotopic (exact) mass is 446 g/mol. The van der Waals surface area contributed by atoms with Crippen LogP contribution in [0.4, 0.5) is 5.82 Å². The highest BCUT2D eigenvalue weighted by Gasteiger charge is 2.33. The number of rotatable bonds is 3. The molecule has 0 bridgehead atoms. The van der Waals surface area contributed by atoms with Gasteiger partial charge >= 0.3 is 6.01 Å². The molecule has 2 aliphatic heterocycles. The summed E-state index contributed by atoms with van der Waals surface area (Å²) >= 11 is 0. The summed E-state index contributed by atoms with van der Waals surface area (Å²) in [4.78, 5) is 27.2. The third kappa shape index (κ3) is 3.86. The number of anilines is 1. The van der Waals surface area contributed by atoms with Crippen molar-refractivity contribution in [2.24, 2.45) is 0 Å². The summed E-state index contributed by atoms with van der Waals surface area (Å²) in [6, 6.07) is 9.84. The number of amides is 1. The summed E-state index contributed by atoms with van der Waals surface area (Å²) in [6.07, 6.45) is 4.69. The van der Waals surface area contributed by atoms with Crippen molar-refractivity contribution in [2.45, 2.75) is 58.7 Å². The zero-order chi connectivity index (χ0) is 23.1. The zero-order valence-electron chi connectivity index (χ0n) is 19.5. The maximum Gasteiger partial charge on any atom is 0.318 e. The van der Waals surface area contributed by atoms with E-state index in [-0.39, 0.29) is 11.7 Å². The molecule has 2 aromatic carbocycles. The van der Waals surface area contributed by atoms with Crippen LogP contribution in [0.3, 0.4) is 0 Å². The molecule has 0 radical (unpaired) electrons. The van der Waals surface area contributed by atoms with Crippen LogP contribution in [0.15, 0.2) is 30.3 Å². The average molecular weight is 447 g/mol. The fraction of sp³-hybridized carbons (Fsp3) is 0.423. The molecule has 3 heterocycles. The smallest absolute Gasteiger partial charge is 0.318 e. The lowest BCUT2D eigenvalue weighted by atomic mass is 9.98. The van der Waals surface area contributed by atoms with Crippen molar-refractivity contribution in [2.75, 3.05) is 18.6 Å². The summed E-state index contributed by atoms with van der Waals surface area (Å²) in [5, 5.41) is 12.0. The Hall–Kier alpha value is -3.35.